The lowest BCUT2D eigenvalue weighted by molar-refractivity contribution is -0.142. The first-order valence-electron chi connectivity index (χ1n) is 15.0. The number of likely N-dealkylation sites (tertiary alicyclic amines) is 1. The van der Waals surface area contributed by atoms with Gasteiger partial charge in [0.2, 0.25) is 5.91 Å². The lowest BCUT2D eigenvalue weighted by atomic mass is 9.91. The van der Waals surface area contributed by atoms with Crippen LogP contribution in [0.15, 0.2) is 24.3 Å². The summed E-state index contributed by atoms with van der Waals surface area (Å²) in [6.45, 7) is 7.07. The van der Waals surface area contributed by atoms with Crippen LogP contribution in [0.4, 0.5) is 4.79 Å². The van der Waals surface area contributed by atoms with Gasteiger partial charge in [-0.1, -0.05) is 25.1 Å². The lowest BCUT2D eigenvalue weighted by Gasteiger charge is -2.43. The summed E-state index contributed by atoms with van der Waals surface area (Å²) in [5, 5.41) is 18.7. The van der Waals surface area contributed by atoms with Crippen molar-refractivity contribution in [1.82, 2.24) is 29.7 Å². The van der Waals surface area contributed by atoms with E-state index >= 15 is 0 Å². The molecule has 1 N–H and O–H groups in total. The maximum absolute atomic E-state index is 14.4. The van der Waals surface area contributed by atoms with E-state index < -0.39 is 18.1 Å². The molecule has 236 valence electrons. The van der Waals surface area contributed by atoms with Gasteiger partial charge in [0.1, 0.15) is 5.75 Å². The van der Waals surface area contributed by atoms with Crippen LogP contribution >= 0.6 is 0 Å². The third-order valence-electron chi connectivity index (χ3n) is 7.91. The average molecular weight is 601 g/mol. The van der Waals surface area contributed by atoms with Gasteiger partial charge < -0.3 is 34.0 Å². The number of hydrogen-bond acceptors (Lipinski definition) is 8. The van der Waals surface area contributed by atoms with Crippen LogP contribution in [0.1, 0.15) is 49.3 Å². The minimum Gasteiger partial charge on any atom is -0.497 e. The van der Waals surface area contributed by atoms with Crippen molar-refractivity contribution < 1.29 is 33.7 Å². The number of amides is 3. The van der Waals surface area contributed by atoms with Crippen molar-refractivity contribution in [1.29, 1.82) is 0 Å². The van der Waals surface area contributed by atoms with Crippen molar-refractivity contribution in [2.45, 2.75) is 45.6 Å². The van der Waals surface area contributed by atoms with E-state index in [0.29, 0.717) is 69.4 Å². The summed E-state index contributed by atoms with van der Waals surface area (Å²) in [6, 6.07) is 6.90. The van der Waals surface area contributed by atoms with Gasteiger partial charge in [-0.3, -0.25) is 9.59 Å². The molecule has 3 heterocycles. The second-order valence-electron chi connectivity index (χ2n) is 11.5. The van der Waals surface area contributed by atoms with E-state index in [1.807, 2.05) is 38.1 Å². The van der Waals surface area contributed by atoms with E-state index in [1.54, 1.807) is 28.7 Å². The number of carbonyl (C=O) groups is 3. The maximum atomic E-state index is 14.4. The monoisotopic (exact) mass is 600 g/mol. The first-order valence-corrected chi connectivity index (χ1v) is 15.0. The topological polar surface area (TPSA) is 140 Å². The zero-order chi connectivity index (χ0) is 30.9. The van der Waals surface area contributed by atoms with Crippen LogP contribution in [0, 0.1) is 11.8 Å². The van der Waals surface area contributed by atoms with Gasteiger partial charge >= 0.3 is 6.09 Å². The summed E-state index contributed by atoms with van der Waals surface area (Å²) < 4.78 is 17.7. The number of methoxy groups -OCH3 is 2. The number of unbranched alkanes of at least 4 members (excludes halogenated alkanes) is 1. The Balaban J connectivity index is 1.67. The predicted molar refractivity (Wildman–Crippen MR) is 157 cm³/mol. The summed E-state index contributed by atoms with van der Waals surface area (Å²) in [5.41, 5.74) is 1.60. The Labute approximate surface area is 252 Å². The Morgan fingerprint density at radius 3 is 2.56 bits per heavy atom. The molecule has 0 saturated carbocycles. The van der Waals surface area contributed by atoms with Gasteiger partial charge in [0.25, 0.3) is 5.91 Å². The Kier molecular flexibility index (Phi) is 11.3. The van der Waals surface area contributed by atoms with Crippen LogP contribution in [-0.4, -0.2) is 126 Å². The van der Waals surface area contributed by atoms with Crippen molar-refractivity contribution in [3.8, 4) is 11.4 Å². The van der Waals surface area contributed by atoms with E-state index in [9.17, 15) is 19.5 Å². The van der Waals surface area contributed by atoms with E-state index in [4.69, 9.17) is 14.2 Å². The van der Waals surface area contributed by atoms with Gasteiger partial charge in [-0.15, -0.1) is 5.10 Å². The molecule has 2 aromatic rings. The number of morpholine rings is 1. The van der Waals surface area contributed by atoms with Crippen molar-refractivity contribution >= 4 is 17.9 Å². The normalized spacial score (nSPS) is 19.0. The molecule has 2 aliphatic rings. The van der Waals surface area contributed by atoms with Crippen molar-refractivity contribution in [3.05, 3.63) is 35.7 Å². The van der Waals surface area contributed by atoms with Gasteiger partial charge in [-0.2, -0.15) is 0 Å². The molecule has 0 bridgehead atoms. The molecule has 2 aliphatic heterocycles. The van der Waals surface area contributed by atoms with Gasteiger partial charge in [0.05, 0.1) is 43.7 Å². The summed E-state index contributed by atoms with van der Waals surface area (Å²) in [7, 11) is 3.25. The third-order valence-corrected chi connectivity index (χ3v) is 7.91. The van der Waals surface area contributed by atoms with E-state index in [-0.39, 0.29) is 36.5 Å². The van der Waals surface area contributed by atoms with Crippen LogP contribution < -0.4 is 4.74 Å². The molecular weight excluding hydrogens is 556 g/mol. The number of piperidine rings is 1. The molecule has 0 spiro atoms. The maximum Gasteiger partial charge on any atom is 0.407 e. The van der Waals surface area contributed by atoms with Crippen molar-refractivity contribution in [2.24, 2.45) is 11.8 Å². The highest BCUT2D eigenvalue weighted by Gasteiger charge is 2.41. The summed E-state index contributed by atoms with van der Waals surface area (Å²) in [5.74, 6) is -0.231. The minimum atomic E-state index is -1.11. The lowest BCUT2D eigenvalue weighted by Crippen LogP contribution is -2.58. The fourth-order valence-corrected chi connectivity index (χ4v) is 5.78. The fraction of sp³-hybridized carbons (Fsp3) is 0.633. The molecule has 13 nitrogen and oxygen atoms in total. The molecule has 2 saturated heterocycles. The highest BCUT2D eigenvalue weighted by Crippen LogP contribution is 2.27. The van der Waals surface area contributed by atoms with E-state index in [2.05, 4.69) is 10.3 Å². The molecular formula is C30H44N6O7. The number of rotatable bonds is 12. The Bertz CT molecular complexity index is 1250. The number of hydrogen-bond donors (Lipinski definition) is 1. The highest BCUT2D eigenvalue weighted by atomic mass is 16.5. The summed E-state index contributed by atoms with van der Waals surface area (Å²) in [6.07, 6.45) is 1.34. The van der Waals surface area contributed by atoms with E-state index in [1.165, 1.54) is 4.90 Å². The number of carbonyl (C=O) groups excluding carboxylic acids is 2. The second kappa shape index (κ2) is 15.1. The molecule has 0 aliphatic carbocycles. The molecule has 1 aromatic heterocycles. The average Bonchev–Trinajstić information content (AvgIpc) is 3.45. The van der Waals surface area contributed by atoms with Gasteiger partial charge in [0.15, 0.2) is 5.69 Å². The highest BCUT2D eigenvalue weighted by molar-refractivity contribution is 5.94. The van der Waals surface area contributed by atoms with Gasteiger partial charge in [0, 0.05) is 52.5 Å². The molecule has 0 radical (unpaired) electrons. The molecule has 2 atom stereocenters. The van der Waals surface area contributed by atoms with Crippen molar-refractivity contribution in [2.75, 3.05) is 66.8 Å². The number of nitrogens with zero attached hydrogens (tertiary/aromatic N) is 6. The smallest absolute Gasteiger partial charge is 0.407 e. The summed E-state index contributed by atoms with van der Waals surface area (Å²) >= 11 is 0. The zero-order valence-electron chi connectivity index (χ0n) is 25.6. The van der Waals surface area contributed by atoms with Crippen molar-refractivity contribution in [3.63, 3.8) is 0 Å². The van der Waals surface area contributed by atoms with Gasteiger partial charge in [-0.25, -0.2) is 9.48 Å². The predicted octanol–water partition coefficient (Wildman–Crippen LogP) is 2.57. The number of benzene rings is 1. The molecule has 2 fully saturated rings. The number of ether oxygens (including phenoxy) is 3. The Morgan fingerprint density at radius 1 is 1.12 bits per heavy atom. The minimum absolute atomic E-state index is 0.0936. The first-order chi connectivity index (χ1) is 20.7. The van der Waals surface area contributed by atoms with Crippen LogP contribution in [0.5, 0.6) is 5.75 Å². The largest absolute Gasteiger partial charge is 0.497 e. The zero-order valence-corrected chi connectivity index (χ0v) is 25.6. The summed E-state index contributed by atoms with van der Waals surface area (Å²) in [4.78, 5) is 44.8. The van der Waals surface area contributed by atoms with Crippen LogP contribution in [0.3, 0.4) is 0 Å². The first kappa shape index (κ1) is 32.2. The SMILES string of the molecule is COCCCCc1c(C(=O)N(CC(C)C)[C@H]2C[C@@H](C(=O)N3CCOCC3)CN(C(=O)O)C2)nnn1-c1cccc(OC)c1. The Hall–Kier alpha value is -3.71. The Morgan fingerprint density at radius 2 is 1.88 bits per heavy atom. The van der Waals surface area contributed by atoms with Crippen LogP contribution in [0.25, 0.3) is 5.69 Å². The number of carboxylic acid groups (broad SMARTS) is 1. The quantitative estimate of drug-likeness (QED) is 0.364. The third kappa shape index (κ3) is 8.02. The van der Waals surface area contributed by atoms with E-state index in [0.717, 1.165) is 12.8 Å². The molecule has 3 amide bonds. The molecule has 4 rings (SSSR count). The van der Waals surface area contributed by atoms with Crippen LogP contribution in [-0.2, 0) is 20.7 Å². The standard InChI is InChI=1S/C30H44N6O7/c1-21(2)18-35(24-16-22(19-34(20-24)30(39)40)28(37)33-11-14-43-15-12-33)29(38)27-26(10-5-6-13-41-3)36(32-31-27)23-8-7-9-25(17-23)42-4/h7-9,17,21-22,24H,5-6,10-16,18-20H2,1-4H3,(H,39,40)/t22-,24+/m1/s1. The molecule has 43 heavy (non-hydrogen) atoms. The number of aromatic nitrogens is 3. The van der Waals surface area contributed by atoms with Crippen LogP contribution in [0.2, 0.25) is 0 Å². The fourth-order valence-electron chi connectivity index (χ4n) is 5.78. The molecule has 1 aromatic carbocycles. The molecule has 13 heteroatoms. The van der Waals surface area contributed by atoms with Gasteiger partial charge in [-0.05, 0) is 43.7 Å². The second-order valence-corrected chi connectivity index (χ2v) is 11.5. The molecule has 0 unspecified atom stereocenters.